The number of anilines is 2. The Labute approximate surface area is 236 Å². The molecule has 0 saturated heterocycles. The highest BCUT2D eigenvalue weighted by Crippen LogP contribution is 2.34. The van der Waals surface area contributed by atoms with E-state index in [1.54, 1.807) is 44.0 Å². The number of halogens is 1. The van der Waals surface area contributed by atoms with Gasteiger partial charge >= 0.3 is 0 Å². The molecule has 4 rings (SSSR count). The monoisotopic (exact) mass is 536 g/mol. The third-order valence-corrected chi connectivity index (χ3v) is 7.34. The summed E-state index contributed by atoms with van der Waals surface area (Å²) in [5.74, 6) is -0.0557. The second-order valence-electron chi connectivity index (χ2n) is 10.1. The first-order valence-electron chi connectivity index (χ1n) is 13.5. The lowest BCUT2D eigenvalue weighted by Crippen LogP contribution is -2.09. The summed E-state index contributed by atoms with van der Waals surface area (Å²) < 4.78 is 16.0. The fourth-order valence-corrected chi connectivity index (χ4v) is 4.95. The Bertz CT molecular complexity index is 1470. The molecule has 0 spiro atoms. The average Bonchev–Trinajstić information content (AvgIpc) is 3.52. The van der Waals surface area contributed by atoms with E-state index in [0.29, 0.717) is 28.4 Å². The first kappa shape index (κ1) is 28.5. The van der Waals surface area contributed by atoms with E-state index in [1.165, 1.54) is 12.8 Å². The molecule has 0 aliphatic heterocycles. The Balaban J connectivity index is 1.53. The molecule has 7 heteroatoms. The molecule has 3 aromatic heterocycles. The van der Waals surface area contributed by atoms with Gasteiger partial charge in [-0.1, -0.05) is 38.7 Å². The van der Waals surface area contributed by atoms with E-state index in [4.69, 9.17) is 5.73 Å². The molecule has 40 heavy (non-hydrogen) atoms. The van der Waals surface area contributed by atoms with E-state index in [1.807, 2.05) is 31.3 Å². The van der Waals surface area contributed by atoms with Gasteiger partial charge in [-0.3, -0.25) is 15.0 Å². The number of hydrogen-bond acceptors (Lipinski definition) is 6. The summed E-state index contributed by atoms with van der Waals surface area (Å²) in [7, 11) is 0. The average molecular weight is 537 g/mol. The zero-order chi connectivity index (χ0) is 28.6. The molecule has 1 fully saturated rings. The topological polar surface area (TPSA) is 88.8 Å². The molecule has 3 aromatic rings. The molecule has 4 N–H and O–H groups in total. The van der Waals surface area contributed by atoms with Gasteiger partial charge in [0, 0.05) is 70.6 Å². The van der Waals surface area contributed by atoms with Crippen LogP contribution in [0.2, 0.25) is 0 Å². The van der Waals surface area contributed by atoms with Crippen LogP contribution in [0.3, 0.4) is 0 Å². The zero-order valence-electron chi connectivity index (χ0n) is 23.3. The second-order valence-corrected chi connectivity index (χ2v) is 10.1. The second kappa shape index (κ2) is 13.0. The Morgan fingerprint density at radius 3 is 2.42 bits per heavy atom. The first-order valence-corrected chi connectivity index (χ1v) is 13.5. The van der Waals surface area contributed by atoms with Crippen molar-refractivity contribution >= 4 is 16.9 Å². The predicted octanol–water partition coefficient (Wildman–Crippen LogP) is 8.08. The van der Waals surface area contributed by atoms with Gasteiger partial charge < -0.3 is 16.4 Å². The molecule has 0 radical (unpaired) electrons. The van der Waals surface area contributed by atoms with Crippen molar-refractivity contribution in [3.63, 3.8) is 0 Å². The Kier molecular flexibility index (Phi) is 9.27. The fraction of sp³-hybridized carbons (Fsp3) is 0.242. The molecule has 3 heterocycles. The van der Waals surface area contributed by atoms with Crippen LogP contribution in [-0.4, -0.2) is 15.0 Å². The number of pyridine rings is 3. The predicted molar refractivity (Wildman–Crippen MR) is 164 cm³/mol. The van der Waals surface area contributed by atoms with Crippen molar-refractivity contribution in [2.45, 2.75) is 46.0 Å². The van der Waals surface area contributed by atoms with Crippen LogP contribution in [0, 0.1) is 12.8 Å². The van der Waals surface area contributed by atoms with E-state index >= 15 is 4.39 Å². The lowest BCUT2D eigenvalue weighted by molar-refractivity contribution is 0.649. The van der Waals surface area contributed by atoms with Crippen LogP contribution in [-0.2, 0) is 0 Å². The van der Waals surface area contributed by atoms with Crippen LogP contribution in [0.5, 0.6) is 0 Å². The van der Waals surface area contributed by atoms with E-state index in [2.05, 4.69) is 45.3 Å². The van der Waals surface area contributed by atoms with Gasteiger partial charge in [-0.15, -0.1) is 0 Å². The molecule has 206 valence electrons. The van der Waals surface area contributed by atoms with E-state index in [0.717, 1.165) is 46.6 Å². The quantitative estimate of drug-likeness (QED) is 0.215. The van der Waals surface area contributed by atoms with Gasteiger partial charge in [0.25, 0.3) is 0 Å². The smallest absolute Gasteiger partial charge is 0.136 e. The highest BCUT2D eigenvalue weighted by Gasteiger charge is 2.19. The summed E-state index contributed by atoms with van der Waals surface area (Å²) in [5.41, 5.74) is 13.7. The van der Waals surface area contributed by atoms with Crippen molar-refractivity contribution in [3.8, 4) is 11.1 Å². The minimum Gasteiger partial charge on any atom is -0.399 e. The van der Waals surface area contributed by atoms with Gasteiger partial charge in [0.05, 0.1) is 23.8 Å². The third-order valence-electron chi connectivity index (χ3n) is 7.34. The maximum atomic E-state index is 16.0. The molecule has 6 nitrogen and oxygen atoms in total. The van der Waals surface area contributed by atoms with Gasteiger partial charge in [-0.25, -0.2) is 4.39 Å². The van der Waals surface area contributed by atoms with Gasteiger partial charge in [0.2, 0.25) is 0 Å². The molecular weight excluding hydrogens is 499 g/mol. The SMILES string of the molecule is C=C(CC(/C(N)=C\C)=C(\F)C(=C)c1cncc(NC(=C)C2CCCC2)c1)Nc1cncc(-c2ccncc2)c1C. The number of aromatic nitrogens is 3. The summed E-state index contributed by atoms with van der Waals surface area (Å²) in [6, 6.07) is 5.70. The van der Waals surface area contributed by atoms with E-state index in [9.17, 15) is 0 Å². The summed E-state index contributed by atoms with van der Waals surface area (Å²) >= 11 is 0. The maximum absolute atomic E-state index is 16.0. The summed E-state index contributed by atoms with van der Waals surface area (Å²) in [4.78, 5) is 12.8. The molecule has 1 aliphatic carbocycles. The fourth-order valence-electron chi connectivity index (χ4n) is 4.95. The molecule has 0 unspecified atom stereocenters. The van der Waals surface area contributed by atoms with Crippen LogP contribution in [0.15, 0.2) is 110 Å². The first-order chi connectivity index (χ1) is 19.3. The molecule has 1 aliphatic rings. The lowest BCUT2D eigenvalue weighted by atomic mass is 9.98. The van der Waals surface area contributed by atoms with Crippen molar-refractivity contribution in [1.29, 1.82) is 0 Å². The van der Waals surface area contributed by atoms with Crippen LogP contribution in [0.1, 0.15) is 50.2 Å². The van der Waals surface area contributed by atoms with Crippen molar-refractivity contribution in [3.05, 3.63) is 121 Å². The Hall–Kier alpha value is -4.52. The minimum absolute atomic E-state index is 0.157. The molecule has 0 atom stereocenters. The number of nitrogens with one attached hydrogen (secondary N) is 2. The van der Waals surface area contributed by atoms with Crippen LogP contribution < -0.4 is 16.4 Å². The van der Waals surface area contributed by atoms with Crippen molar-refractivity contribution in [1.82, 2.24) is 15.0 Å². The Morgan fingerprint density at radius 1 is 1.02 bits per heavy atom. The zero-order valence-corrected chi connectivity index (χ0v) is 23.3. The lowest BCUT2D eigenvalue weighted by Gasteiger charge is -2.18. The minimum atomic E-state index is -0.507. The maximum Gasteiger partial charge on any atom is 0.136 e. The molecular formula is C33H37FN6. The van der Waals surface area contributed by atoms with Gasteiger partial charge in [0.1, 0.15) is 5.83 Å². The molecule has 1 saturated carbocycles. The summed E-state index contributed by atoms with van der Waals surface area (Å²) in [6.45, 7) is 16.2. The van der Waals surface area contributed by atoms with Crippen molar-refractivity contribution in [2.75, 3.05) is 10.6 Å². The van der Waals surface area contributed by atoms with Crippen molar-refractivity contribution < 1.29 is 4.39 Å². The van der Waals surface area contributed by atoms with Crippen molar-refractivity contribution in [2.24, 2.45) is 11.7 Å². The standard InChI is InChI=1S/C33H37FN6/c1-6-31(35)29(15-21(2)39-32-20-38-19-30(23(32)4)26-11-13-36-14-12-26)33(34)22(3)27-16-28(18-37-17-27)40-24(5)25-9-7-8-10-25/h6,11-14,16-20,25,39-40H,2-3,5,7-10,15,35H2,1,4H3/b31-6+,33-29+. The highest BCUT2D eigenvalue weighted by molar-refractivity contribution is 5.78. The molecule has 0 bridgehead atoms. The Morgan fingerprint density at radius 2 is 1.73 bits per heavy atom. The third kappa shape index (κ3) is 6.72. The largest absolute Gasteiger partial charge is 0.399 e. The summed E-state index contributed by atoms with van der Waals surface area (Å²) in [6.07, 6.45) is 16.9. The van der Waals surface area contributed by atoms with Gasteiger partial charge in [-0.05, 0) is 61.9 Å². The number of hydrogen-bond donors (Lipinski definition) is 3. The number of nitrogens with two attached hydrogens (primary N) is 1. The normalized spacial score (nSPS) is 14.4. The van der Waals surface area contributed by atoms with Crippen LogP contribution >= 0.6 is 0 Å². The highest BCUT2D eigenvalue weighted by atomic mass is 19.1. The number of allylic oxidation sites excluding steroid dienone is 6. The van der Waals surface area contributed by atoms with E-state index < -0.39 is 5.83 Å². The van der Waals surface area contributed by atoms with Crippen LogP contribution in [0.4, 0.5) is 15.8 Å². The van der Waals surface area contributed by atoms with E-state index in [-0.39, 0.29) is 12.0 Å². The van der Waals surface area contributed by atoms with Gasteiger partial charge in [0.15, 0.2) is 0 Å². The number of nitrogens with zero attached hydrogens (tertiary/aromatic N) is 3. The molecule has 0 amide bonds. The summed E-state index contributed by atoms with van der Waals surface area (Å²) in [5, 5.41) is 6.66. The van der Waals surface area contributed by atoms with Crippen LogP contribution in [0.25, 0.3) is 16.7 Å². The van der Waals surface area contributed by atoms with Gasteiger partial charge in [-0.2, -0.15) is 0 Å². The number of rotatable bonds is 11. The molecule has 0 aromatic carbocycles.